The third-order valence-electron chi connectivity index (χ3n) is 3.66. The summed E-state index contributed by atoms with van der Waals surface area (Å²) >= 11 is 15.7. The molecule has 0 aromatic heterocycles. The zero-order valence-electron chi connectivity index (χ0n) is 13.3. The number of carbonyl (C=O) groups excluding carboxylic acids is 2. The standard InChI is InChI=1S/C17H9BrCl2N2O4S/c18-11-3-1-9(6-14(11)22(25)26)7-15-16(23)21(17(24)27-15)8-10-2-4-12(19)13(20)5-10/h1-7H,8H2/b15-7-. The number of thioether (sulfide) groups is 1. The zero-order valence-corrected chi connectivity index (χ0v) is 17.2. The van der Waals surface area contributed by atoms with E-state index in [1.54, 1.807) is 24.3 Å². The molecule has 27 heavy (non-hydrogen) atoms. The highest BCUT2D eigenvalue weighted by Gasteiger charge is 2.35. The molecule has 0 atom stereocenters. The molecule has 2 amide bonds. The van der Waals surface area contributed by atoms with Crippen LogP contribution in [-0.2, 0) is 11.3 Å². The van der Waals surface area contributed by atoms with E-state index in [9.17, 15) is 19.7 Å². The topological polar surface area (TPSA) is 80.5 Å². The van der Waals surface area contributed by atoms with Crippen LogP contribution in [0, 0.1) is 10.1 Å². The van der Waals surface area contributed by atoms with Gasteiger partial charge in [0.1, 0.15) is 0 Å². The quantitative estimate of drug-likeness (QED) is 0.304. The van der Waals surface area contributed by atoms with E-state index in [4.69, 9.17) is 23.2 Å². The van der Waals surface area contributed by atoms with Crippen LogP contribution in [0.2, 0.25) is 10.0 Å². The van der Waals surface area contributed by atoms with Crippen LogP contribution in [0.3, 0.4) is 0 Å². The van der Waals surface area contributed by atoms with Gasteiger partial charge in [0, 0.05) is 6.07 Å². The van der Waals surface area contributed by atoms with Crippen molar-refractivity contribution in [3.05, 3.63) is 77.1 Å². The summed E-state index contributed by atoms with van der Waals surface area (Å²) in [5, 5.41) is 11.3. The minimum atomic E-state index is -0.530. The van der Waals surface area contributed by atoms with Crippen LogP contribution in [-0.4, -0.2) is 21.0 Å². The molecule has 10 heteroatoms. The molecular formula is C17H9BrCl2N2O4S. The summed E-state index contributed by atoms with van der Waals surface area (Å²) in [5.41, 5.74) is 0.982. The van der Waals surface area contributed by atoms with Gasteiger partial charge >= 0.3 is 0 Å². The third-order valence-corrected chi connectivity index (χ3v) is 5.98. The van der Waals surface area contributed by atoms with E-state index < -0.39 is 16.1 Å². The van der Waals surface area contributed by atoms with E-state index in [0.717, 1.165) is 16.7 Å². The average molecular weight is 488 g/mol. The summed E-state index contributed by atoms with van der Waals surface area (Å²) in [6.45, 7) is 0.0549. The Morgan fingerprint density at radius 3 is 2.56 bits per heavy atom. The predicted octanol–water partition coefficient (Wildman–Crippen LogP) is 5.90. The van der Waals surface area contributed by atoms with Gasteiger partial charge in [-0.1, -0.05) is 35.3 Å². The van der Waals surface area contributed by atoms with Crippen molar-refractivity contribution < 1.29 is 14.5 Å². The first-order chi connectivity index (χ1) is 12.8. The summed E-state index contributed by atoms with van der Waals surface area (Å²) in [7, 11) is 0. The minimum absolute atomic E-state index is 0.0549. The number of nitro benzene ring substituents is 1. The largest absolute Gasteiger partial charge is 0.293 e. The monoisotopic (exact) mass is 486 g/mol. The van der Waals surface area contributed by atoms with E-state index in [-0.39, 0.29) is 17.1 Å². The van der Waals surface area contributed by atoms with Gasteiger partial charge in [-0.15, -0.1) is 0 Å². The Hall–Kier alpha value is -1.87. The minimum Gasteiger partial charge on any atom is -0.268 e. The number of imide groups is 1. The van der Waals surface area contributed by atoms with E-state index >= 15 is 0 Å². The molecule has 1 fully saturated rings. The van der Waals surface area contributed by atoms with Crippen molar-refractivity contribution >= 4 is 73.8 Å². The van der Waals surface area contributed by atoms with Gasteiger partial charge in [0.05, 0.1) is 30.9 Å². The van der Waals surface area contributed by atoms with Crippen molar-refractivity contribution in [3.8, 4) is 0 Å². The summed E-state index contributed by atoms with van der Waals surface area (Å²) in [6, 6.07) is 9.33. The van der Waals surface area contributed by atoms with Crippen LogP contribution in [0.4, 0.5) is 10.5 Å². The fourth-order valence-corrected chi connectivity index (χ4v) is 3.92. The first-order valence-corrected chi connectivity index (χ1v) is 9.76. The molecule has 138 valence electrons. The van der Waals surface area contributed by atoms with E-state index in [1.807, 2.05) is 0 Å². The summed E-state index contributed by atoms with van der Waals surface area (Å²) in [6.07, 6.45) is 1.46. The van der Waals surface area contributed by atoms with E-state index in [0.29, 0.717) is 25.6 Å². The Morgan fingerprint density at radius 2 is 1.89 bits per heavy atom. The Labute approximate surface area is 176 Å². The van der Waals surface area contributed by atoms with Crippen molar-refractivity contribution in [1.29, 1.82) is 0 Å². The average Bonchev–Trinajstić information content (AvgIpc) is 2.87. The van der Waals surface area contributed by atoms with Crippen molar-refractivity contribution in [2.24, 2.45) is 0 Å². The lowest BCUT2D eigenvalue weighted by Gasteiger charge is -2.12. The van der Waals surface area contributed by atoms with Crippen molar-refractivity contribution in [3.63, 3.8) is 0 Å². The SMILES string of the molecule is O=C1S/C(=C\c2ccc(Br)c([N+](=O)[O-])c2)C(=O)N1Cc1ccc(Cl)c(Cl)c1. The van der Waals surface area contributed by atoms with E-state index in [2.05, 4.69) is 15.9 Å². The number of halogens is 3. The maximum atomic E-state index is 12.6. The highest BCUT2D eigenvalue weighted by atomic mass is 79.9. The molecule has 0 bridgehead atoms. The fraction of sp³-hybridized carbons (Fsp3) is 0.0588. The lowest BCUT2D eigenvalue weighted by atomic mass is 10.2. The normalized spacial score (nSPS) is 15.7. The molecule has 0 aliphatic carbocycles. The molecule has 0 saturated carbocycles. The van der Waals surface area contributed by atoms with Crippen LogP contribution >= 0.6 is 50.9 Å². The maximum absolute atomic E-state index is 12.6. The fourth-order valence-electron chi connectivity index (χ4n) is 2.37. The number of hydrogen-bond donors (Lipinski definition) is 0. The maximum Gasteiger partial charge on any atom is 0.293 e. The second kappa shape index (κ2) is 8.02. The predicted molar refractivity (Wildman–Crippen MR) is 109 cm³/mol. The molecular weight excluding hydrogens is 479 g/mol. The van der Waals surface area contributed by atoms with Crippen LogP contribution in [0.5, 0.6) is 0 Å². The van der Waals surface area contributed by atoms with Gasteiger partial charge in [-0.05, 0) is 63.1 Å². The number of nitrogens with zero attached hydrogens (tertiary/aromatic N) is 2. The molecule has 1 heterocycles. The van der Waals surface area contributed by atoms with Crippen LogP contribution in [0.25, 0.3) is 6.08 Å². The number of rotatable bonds is 4. The summed E-state index contributed by atoms with van der Waals surface area (Å²) < 4.78 is 0.331. The molecule has 1 aliphatic rings. The van der Waals surface area contributed by atoms with Crippen molar-refractivity contribution in [2.75, 3.05) is 0 Å². The Kier molecular flexibility index (Phi) is 5.90. The van der Waals surface area contributed by atoms with Crippen LogP contribution in [0.1, 0.15) is 11.1 Å². The van der Waals surface area contributed by atoms with Crippen molar-refractivity contribution in [2.45, 2.75) is 6.54 Å². The van der Waals surface area contributed by atoms with Gasteiger partial charge < -0.3 is 0 Å². The van der Waals surface area contributed by atoms with Gasteiger partial charge in [-0.2, -0.15) is 0 Å². The highest BCUT2D eigenvalue weighted by molar-refractivity contribution is 9.10. The number of carbonyl (C=O) groups is 2. The lowest BCUT2D eigenvalue weighted by molar-refractivity contribution is -0.385. The molecule has 0 spiro atoms. The number of nitro groups is 1. The zero-order chi connectivity index (χ0) is 19.7. The molecule has 2 aromatic carbocycles. The molecule has 3 rings (SSSR count). The first-order valence-electron chi connectivity index (χ1n) is 7.39. The van der Waals surface area contributed by atoms with Crippen LogP contribution in [0.15, 0.2) is 45.8 Å². The van der Waals surface area contributed by atoms with Gasteiger partial charge in [-0.25, -0.2) is 0 Å². The molecule has 0 radical (unpaired) electrons. The number of benzene rings is 2. The molecule has 0 N–H and O–H groups in total. The molecule has 0 unspecified atom stereocenters. The number of amides is 2. The molecule has 2 aromatic rings. The van der Waals surface area contributed by atoms with Gasteiger partial charge in [0.15, 0.2) is 0 Å². The van der Waals surface area contributed by atoms with Crippen LogP contribution < -0.4 is 0 Å². The third kappa shape index (κ3) is 4.35. The molecule has 1 aliphatic heterocycles. The second-order valence-electron chi connectivity index (χ2n) is 5.48. The summed E-state index contributed by atoms with van der Waals surface area (Å²) in [5.74, 6) is -0.471. The second-order valence-corrected chi connectivity index (χ2v) is 8.15. The Bertz CT molecular complexity index is 1010. The van der Waals surface area contributed by atoms with Crippen molar-refractivity contribution in [1.82, 2.24) is 4.90 Å². The first kappa shape index (κ1) is 19.9. The van der Waals surface area contributed by atoms with Gasteiger partial charge in [0.25, 0.3) is 16.8 Å². The molecule has 1 saturated heterocycles. The summed E-state index contributed by atoms with van der Waals surface area (Å²) in [4.78, 5) is 36.6. The lowest BCUT2D eigenvalue weighted by Crippen LogP contribution is -2.27. The smallest absolute Gasteiger partial charge is 0.268 e. The van der Waals surface area contributed by atoms with E-state index in [1.165, 1.54) is 18.2 Å². The Balaban J connectivity index is 1.85. The highest BCUT2D eigenvalue weighted by Crippen LogP contribution is 2.35. The van der Waals surface area contributed by atoms with Gasteiger partial charge in [0.2, 0.25) is 0 Å². The Morgan fingerprint density at radius 1 is 1.15 bits per heavy atom. The van der Waals surface area contributed by atoms with Gasteiger partial charge in [-0.3, -0.25) is 24.6 Å². The number of hydrogen-bond acceptors (Lipinski definition) is 5. The molecule has 6 nitrogen and oxygen atoms in total.